The van der Waals surface area contributed by atoms with Crippen molar-refractivity contribution in [3.05, 3.63) is 0 Å². The van der Waals surface area contributed by atoms with Gasteiger partial charge >= 0.3 is 0 Å². The highest BCUT2D eigenvalue weighted by Crippen LogP contribution is 2.30. The van der Waals surface area contributed by atoms with E-state index in [1.54, 1.807) is 0 Å². The fourth-order valence-electron chi connectivity index (χ4n) is 3.37. The summed E-state index contributed by atoms with van der Waals surface area (Å²) in [5.41, 5.74) is -0.0855. The van der Waals surface area contributed by atoms with E-state index < -0.39 is 0 Å². The summed E-state index contributed by atoms with van der Waals surface area (Å²) in [5, 5.41) is 0. The molecule has 0 N–H and O–H groups in total. The number of ether oxygens (including phenoxy) is 2. The number of morpholine rings is 1. The summed E-state index contributed by atoms with van der Waals surface area (Å²) in [5.74, 6) is 0.584. The average Bonchev–Trinajstić information content (AvgIpc) is 2.37. The number of nitrogens with zero attached hydrogens (tertiary/aromatic N) is 1. The molecule has 1 heterocycles. The van der Waals surface area contributed by atoms with Gasteiger partial charge in [-0.05, 0) is 39.5 Å². The zero-order valence-corrected chi connectivity index (χ0v) is 12.6. The molecule has 0 aromatic rings. The van der Waals surface area contributed by atoms with E-state index in [4.69, 9.17) is 21.1 Å². The standard InChI is InChI=1S/C14H26ClNO2/c1-14(2)10-16(9-13(8-15)18-14)11-5-4-6-12(7-11)17-3/h11-13H,4-10H2,1-3H3. The largest absolute Gasteiger partial charge is 0.381 e. The van der Waals surface area contributed by atoms with E-state index in [1.165, 1.54) is 19.3 Å². The zero-order valence-electron chi connectivity index (χ0n) is 11.8. The Balaban J connectivity index is 1.98. The van der Waals surface area contributed by atoms with Gasteiger partial charge < -0.3 is 9.47 Å². The molecule has 4 heteroatoms. The minimum Gasteiger partial charge on any atom is -0.381 e. The zero-order chi connectivity index (χ0) is 13.2. The number of rotatable bonds is 3. The number of hydrogen-bond donors (Lipinski definition) is 0. The Morgan fingerprint density at radius 3 is 2.83 bits per heavy atom. The van der Waals surface area contributed by atoms with E-state index in [-0.39, 0.29) is 11.7 Å². The Hall–Kier alpha value is 0.170. The van der Waals surface area contributed by atoms with Crippen LogP contribution in [0.3, 0.4) is 0 Å². The fraction of sp³-hybridized carbons (Fsp3) is 1.00. The van der Waals surface area contributed by atoms with Crippen LogP contribution < -0.4 is 0 Å². The summed E-state index contributed by atoms with van der Waals surface area (Å²) in [6.45, 7) is 6.29. The van der Waals surface area contributed by atoms with E-state index >= 15 is 0 Å². The lowest BCUT2D eigenvalue weighted by Gasteiger charge is -2.47. The van der Waals surface area contributed by atoms with Crippen molar-refractivity contribution >= 4 is 11.6 Å². The molecule has 2 aliphatic rings. The van der Waals surface area contributed by atoms with Crippen LogP contribution in [-0.4, -0.2) is 54.8 Å². The molecule has 18 heavy (non-hydrogen) atoms. The van der Waals surface area contributed by atoms with Crippen LogP contribution in [0.2, 0.25) is 0 Å². The van der Waals surface area contributed by atoms with Gasteiger partial charge in [0.1, 0.15) is 0 Å². The van der Waals surface area contributed by atoms with Crippen molar-refractivity contribution in [1.29, 1.82) is 0 Å². The molecule has 1 aliphatic heterocycles. The van der Waals surface area contributed by atoms with Crippen LogP contribution >= 0.6 is 11.6 Å². The van der Waals surface area contributed by atoms with Gasteiger partial charge in [0.05, 0.1) is 17.8 Å². The molecule has 2 fully saturated rings. The molecule has 3 unspecified atom stereocenters. The summed E-state index contributed by atoms with van der Waals surface area (Å²) in [6.07, 6.45) is 5.51. The molecule has 0 radical (unpaired) electrons. The van der Waals surface area contributed by atoms with Crippen LogP contribution in [0.1, 0.15) is 39.5 Å². The van der Waals surface area contributed by atoms with Crippen LogP contribution in [0.25, 0.3) is 0 Å². The van der Waals surface area contributed by atoms with Crippen LogP contribution in [0.4, 0.5) is 0 Å². The molecule has 0 spiro atoms. The van der Waals surface area contributed by atoms with Crippen molar-refractivity contribution in [3.63, 3.8) is 0 Å². The summed E-state index contributed by atoms with van der Waals surface area (Å²) in [6, 6.07) is 0.637. The number of halogens is 1. The summed E-state index contributed by atoms with van der Waals surface area (Å²) >= 11 is 5.99. The number of alkyl halides is 1. The Morgan fingerprint density at radius 2 is 2.17 bits per heavy atom. The second-order valence-corrected chi connectivity index (χ2v) is 6.57. The van der Waals surface area contributed by atoms with Gasteiger partial charge in [0.25, 0.3) is 0 Å². The van der Waals surface area contributed by atoms with E-state index in [9.17, 15) is 0 Å². The van der Waals surface area contributed by atoms with E-state index in [0.29, 0.717) is 18.0 Å². The molecule has 1 aliphatic carbocycles. The Bertz CT molecular complexity index is 273. The predicted octanol–water partition coefficient (Wildman–Crippen LogP) is 2.66. The van der Waals surface area contributed by atoms with E-state index in [2.05, 4.69) is 18.7 Å². The van der Waals surface area contributed by atoms with E-state index in [1.807, 2.05) is 7.11 Å². The van der Waals surface area contributed by atoms with Crippen molar-refractivity contribution in [2.75, 3.05) is 26.1 Å². The molecule has 3 nitrogen and oxygen atoms in total. The monoisotopic (exact) mass is 275 g/mol. The molecule has 1 saturated heterocycles. The third-order valence-corrected chi connectivity index (χ3v) is 4.47. The maximum absolute atomic E-state index is 5.99. The van der Waals surface area contributed by atoms with Gasteiger partial charge in [-0.3, -0.25) is 4.90 Å². The van der Waals surface area contributed by atoms with Crippen molar-refractivity contribution < 1.29 is 9.47 Å². The van der Waals surface area contributed by atoms with Crippen LogP contribution in [0.5, 0.6) is 0 Å². The second-order valence-electron chi connectivity index (χ2n) is 6.26. The minimum atomic E-state index is -0.0855. The van der Waals surface area contributed by atoms with Crippen molar-refractivity contribution in [3.8, 4) is 0 Å². The van der Waals surface area contributed by atoms with Crippen LogP contribution in [0, 0.1) is 0 Å². The second kappa shape index (κ2) is 6.08. The van der Waals surface area contributed by atoms with Gasteiger partial charge in [-0.15, -0.1) is 11.6 Å². The van der Waals surface area contributed by atoms with Crippen LogP contribution in [0.15, 0.2) is 0 Å². The summed E-state index contributed by atoms with van der Waals surface area (Å²) in [4.78, 5) is 2.57. The normalized spacial score (nSPS) is 37.7. The summed E-state index contributed by atoms with van der Waals surface area (Å²) in [7, 11) is 1.83. The highest BCUT2D eigenvalue weighted by atomic mass is 35.5. The first-order valence-corrected chi connectivity index (χ1v) is 7.58. The van der Waals surface area contributed by atoms with Crippen molar-refractivity contribution in [1.82, 2.24) is 4.90 Å². The Morgan fingerprint density at radius 1 is 1.39 bits per heavy atom. The summed E-state index contributed by atoms with van der Waals surface area (Å²) < 4.78 is 11.5. The lowest BCUT2D eigenvalue weighted by Crippen LogP contribution is -2.57. The van der Waals surface area contributed by atoms with Gasteiger partial charge in [0.2, 0.25) is 0 Å². The average molecular weight is 276 g/mol. The lowest BCUT2D eigenvalue weighted by atomic mass is 9.90. The smallest absolute Gasteiger partial charge is 0.0845 e. The molecule has 0 aromatic carbocycles. The Labute approximate surface area is 116 Å². The predicted molar refractivity (Wildman–Crippen MR) is 74.3 cm³/mol. The van der Waals surface area contributed by atoms with Gasteiger partial charge in [-0.2, -0.15) is 0 Å². The minimum absolute atomic E-state index is 0.0855. The topological polar surface area (TPSA) is 21.7 Å². The Kier molecular flexibility index (Phi) is 4.92. The molecule has 0 bridgehead atoms. The molecule has 2 rings (SSSR count). The lowest BCUT2D eigenvalue weighted by molar-refractivity contribution is -0.142. The van der Waals surface area contributed by atoms with Gasteiger partial charge in [-0.25, -0.2) is 0 Å². The maximum atomic E-state index is 5.99. The highest BCUT2D eigenvalue weighted by Gasteiger charge is 2.37. The third kappa shape index (κ3) is 3.60. The highest BCUT2D eigenvalue weighted by molar-refractivity contribution is 6.18. The molecular weight excluding hydrogens is 250 g/mol. The molecular formula is C14H26ClNO2. The first-order chi connectivity index (χ1) is 8.54. The SMILES string of the molecule is COC1CCCC(N2CC(CCl)OC(C)(C)C2)C1. The number of methoxy groups -OCH3 is 1. The third-order valence-electron chi connectivity index (χ3n) is 4.13. The first kappa shape index (κ1) is 14.6. The van der Waals surface area contributed by atoms with Crippen molar-refractivity contribution in [2.45, 2.75) is 63.4 Å². The van der Waals surface area contributed by atoms with Crippen molar-refractivity contribution in [2.24, 2.45) is 0 Å². The molecule has 0 amide bonds. The van der Waals surface area contributed by atoms with Gasteiger partial charge in [0.15, 0.2) is 0 Å². The van der Waals surface area contributed by atoms with Crippen LogP contribution in [-0.2, 0) is 9.47 Å². The van der Waals surface area contributed by atoms with Gasteiger partial charge in [-0.1, -0.05) is 0 Å². The molecule has 3 atom stereocenters. The molecule has 106 valence electrons. The van der Waals surface area contributed by atoms with Gasteiger partial charge in [0, 0.05) is 32.1 Å². The maximum Gasteiger partial charge on any atom is 0.0845 e. The quantitative estimate of drug-likeness (QED) is 0.739. The molecule has 0 aromatic heterocycles. The van der Waals surface area contributed by atoms with E-state index in [0.717, 1.165) is 19.5 Å². The molecule has 1 saturated carbocycles. The first-order valence-electron chi connectivity index (χ1n) is 7.04. The number of hydrogen-bond acceptors (Lipinski definition) is 3. The fourth-order valence-corrected chi connectivity index (χ4v) is 3.53.